The van der Waals surface area contributed by atoms with E-state index in [0.29, 0.717) is 6.04 Å². The van der Waals surface area contributed by atoms with Gasteiger partial charge in [-0.3, -0.25) is 0 Å². The average Bonchev–Trinajstić information content (AvgIpc) is 2.29. The van der Waals surface area contributed by atoms with E-state index in [2.05, 4.69) is 40.9 Å². The summed E-state index contributed by atoms with van der Waals surface area (Å²) in [4.78, 5) is 9.25. The molecule has 2 heterocycles. The fourth-order valence-corrected chi connectivity index (χ4v) is 2.32. The van der Waals surface area contributed by atoms with Crippen LogP contribution in [0.4, 0.5) is 5.82 Å². The largest absolute Gasteiger partial charge is 0.351 e. The number of rotatable bonds is 2. The highest BCUT2D eigenvalue weighted by Gasteiger charge is 2.22. The molecule has 17 heavy (non-hydrogen) atoms. The topological polar surface area (TPSA) is 45.4 Å². The van der Waals surface area contributed by atoms with Crippen LogP contribution in [0.1, 0.15) is 25.5 Å². The fourth-order valence-electron chi connectivity index (χ4n) is 2.32. The molecule has 4 heteroatoms. The highest BCUT2D eigenvalue weighted by atomic mass is 15.3. The molecule has 0 aromatic carbocycles. The molecule has 1 unspecified atom stereocenters. The van der Waals surface area contributed by atoms with Gasteiger partial charge in [0.15, 0.2) is 0 Å². The SMILES string of the molecule is CC1CN(C)CCN1c1ccc([C@H](C)N)cn1. The third-order valence-corrected chi connectivity index (χ3v) is 3.42. The summed E-state index contributed by atoms with van der Waals surface area (Å²) in [6.45, 7) is 7.46. The predicted molar refractivity (Wildman–Crippen MR) is 71.1 cm³/mol. The molecule has 0 aliphatic carbocycles. The quantitative estimate of drug-likeness (QED) is 0.836. The number of aromatic nitrogens is 1. The number of anilines is 1. The zero-order valence-corrected chi connectivity index (χ0v) is 10.9. The number of hydrogen-bond acceptors (Lipinski definition) is 4. The minimum absolute atomic E-state index is 0.0569. The number of piperazine rings is 1. The van der Waals surface area contributed by atoms with Crippen molar-refractivity contribution in [1.82, 2.24) is 9.88 Å². The lowest BCUT2D eigenvalue weighted by Gasteiger charge is -2.39. The van der Waals surface area contributed by atoms with E-state index in [1.165, 1.54) is 0 Å². The zero-order chi connectivity index (χ0) is 12.4. The Kier molecular flexibility index (Phi) is 3.64. The van der Waals surface area contributed by atoms with Gasteiger partial charge in [0.25, 0.3) is 0 Å². The molecular weight excluding hydrogens is 212 g/mol. The average molecular weight is 234 g/mol. The van der Waals surface area contributed by atoms with Crippen LogP contribution >= 0.6 is 0 Å². The van der Waals surface area contributed by atoms with E-state index >= 15 is 0 Å². The van der Waals surface area contributed by atoms with Gasteiger partial charge in [0.05, 0.1) is 0 Å². The van der Waals surface area contributed by atoms with Crippen LogP contribution in [0.3, 0.4) is 0 Å². The van der Waals surface area contributed by atoms with Crippen LogP contribution < -0.4 is 10.6 Å². The number of pyridine rings is 1. The van der Waals surface area contributed by atoms with Crippen LogP contribution in [0.15, 0.2) is 18.3 Å². The fraction of sp³-hybridized carbons (Fsp3) is 0.615. The van der Waals surface area contributed by atoms with Crippen LogP contribution in [0.25, 0.3) is 0 Å². The van der Waals surface area contributed by atoms with Crippen molar-refractivity contribution in [2.24, 2.45) is 5.73 Å². The normalized spacial score (nSPS) is 23.8. The van der Waals surface area contributed by atoms with Gasteiger partial charge < -0.3 is 15.5 Å². The second kappa shape index (κ2) is 5.02. The smallest absolute Gasteiger partial charge is 0.128 e. The molecular formula is C13H22N4. The first-order valence-electron chi connectivity index (χ1n) is 6.24. The number of likely N-dealkylation sites (N-methyl/N-ethyl adjacent to an activating group) is 1. The van der Waals surface area contributed by atoms with Gasteiger partial charge in [0.1, 0.15) is 5.82 Å². The van der Waals surface area contributed by atoms with Gasteiger partial charge in [-0.1, -0.05) is 6.07 Å². The molecule has 1 fully saturated rings. The number of nitrogens with zero attached hydrogens (tertiary/aromatic N) is 3. The zero-order valence-electron chi connectivity index (χ0n) is 10.9. The summed E-state index contributed by atoms with van der Waals surface area (Å²) in [5.74, 6) is 1.06. The van der Waals surface area contributed by atoms with E-state index in [0.717, 1.165) is 31.0 Å². The predicted octanol–water partition coefficient (Wildman–Crippen LogP) is 1.24. The third kappa shape index (κ3) is 2.76. The number of hydrogen-bond donors (Lipinski definition) is 1. The molecule has 0 radical (unpaired) electrons. The maximum atomic E-state index is 5.83. The first-order chi connectivity index (χ1) is 8.08. The summed E-state index contributed by atoms with van der Waals surface area (Å²) < 4.78 is 0. The van der Waals surface area contributed by atoms with Crippen molar-refractivity contribution in [3.05, 3.63) is 23.9 Å². The molecule has 1 aliphatic heterocycles. The lowest BCUT2D eigenvalue weighted by molar-refractivity contribution is 0.274. The molecule has 4 nitrogen and oxygen atoms in total. The monoisotopic (exact) mass is 234 g/mol. The third-order valence-electron chi connectivity index (χ3n) is 3.42. The summed E-state index contributed by atoms with van der Waals surface area (Å²) in [6.07, 6.45) is 1.89. The maximum Gasteiger partial charge on any atom is 0.128 e. The summed E-state index contributed by atoms with van der Waals surface area (Å²) in [6, 6.07) is 4.74. The van der Waals surface area contributed by atoms with Gasteiger partial charge in [-0.05, 0) is 32.5 Å². The molecule has 94 valence electrons. The molecule has 2 N–H and O–H groups in total. The highest BCUT2D eigenvalue weighted by Crippen LogP contribution is 2.19. The van der Waals surface area contributed by atoms with E-state index in [-0.39, 0.29) is 6.04 Å². The summed E-state index contributed by atoms with van der Waals surface area (Å²) in [5.41, 5.74) is 6.92. The van der Waals surface area contributed by atoms with E-state index in [1.54, 1.807) is 0 Å². The Bertz CT molecular complexity index is 360. The molecule has 1 aliphatic rings. The Morgan fingerprint density at radius 1 is 1.41 bits per heavy atom. The van der Waals surface area contributed by atoms with Crippen LogP contribution in [0, 0.1) is 0 Å². The summed E-state index contributed by atoms with van der Waals surface area (Å²) in [5, 5.41) is 0. The van der Waals surface area contributed by atoms with Crippen LogP contribution in [-0.2, 0) is 0 Å². The molecule has 1 aromatic rings. The molecule has 2 atom stereocenters. The van der Waals surface area contributed by atoms with Crippen LogP contribution in [-0.4, -0.2) is 42.6 Å². The van der Waals surface area contributed by atoms with Gasteiger partial charge in [-0.2, -0.15) is 0 Å². The van der Waals surface area contributed by atoms with Crippen molar-refractivity contribution in [1.29, 1.82) is 0 Å². The van der Waals surface area contributed by atoms with E-state index in [1.807, 2.05) is 13.1 Å². The Morgan fingerprint density at radius 3 is 2.71 bits per heavy atom. The maximum absolute atomic E-state index is 5.83. The van der Waals surface area contributed by atoms with Gasteiger partial charge >= 0.3 is 0 Å². The Balaban J connectivity index is 2.11. The highest BCUT2D eigenvalue weighted by molar-refractivity contribution is 5.41. The lowest BCUT2D eigenvalue weighted by Crippen LogP contribution is -2.50. The standard InChI is InChI=1S/C13H22N4/c1-10-9-16(3)6-7-17(10)13-5-4-12(8-15-13)11(2)14/h4-5,8,10-11H,6-7,9,14H2,1-3H3/t10?,11-/m0/s1. The second-order valence-electron chi connectivity index (χ2n) is 5.04. The van der Waals surface area contributed by atoms with Crippen molar-refractivity contribution in [3.63, 3.8) is 0 Å². The Labute approximate surface area is 103 Å². The Morgan fingerprint density at radius 2 is 2.18 bits per heavy atom. The van der Waals surface area contributed by atoms with Gasteiger partial charge in [0, 0.05) is 37.9 Å². The molecule has 0 bridgehead atoms. The lowest BCUT2D eigenvalue weighted by atomic mass is 10.1. The molecule has 0 saturated carbocycles. The van der Waals surface area contributed by atoms with Gasteiger partial charge in [-0.25, -0.2) is 4.98 Å². The summed E-state index contributed by atoms with van der Waals surface area (Å²) in [7, 11) is 2.17. The van der Waals surface area contributed by atoms with Crippen molar-refractivity contribution in [2.45, 2.75) is 25.9 Å². The molecule has 0 amide bonds. The Hall–Kier alpha value is -1.13. The second-order valence-corrected chi connectivity index (χ2v) is 5.04. The summed E-state index contributed by atoms with van der Waals surface area (Å²) >= 11 is 0. The van der Waals surface area contributed by atoms with E-state index in [9.17, 15) is 0 Å². The van der Waals surface area contributed by atoms with Gasteiger partial charge in [-0.15, -0.1) is 0 Å². The molecule has 0 spiro atoms. The van der Waals surface area contributed by atoms with Crippen LogP contribution in [0.5, 0.6) is 0 Å². The van der Waals surface area contributed by atoms with E-state index < -0.39 is 0 Å². The molecule has 2 rings (SSSR count). The van der Waals surface area contributed by atoms with Crippen molar-refractivity contribution in [3.8, 4) is 0 Å². The minimum Gasteiger partial charge on any atom is -0.351 e. The first-order valence-corrected chi connectivity index (χ1v) is 6.24. The van der Waals surface area contributed by atoms with E-state index in [4.69, 9.17) is 5.73 Å². The van der Waals surface area contributed by atoms with Crippen molar-refractivity contribution in [2.75, 3.05) is 31.6 Å². The first kappa shape index (κ1) is 12.3. The van der Waals surface area contributed by atoms with Gasteiger partial charge in [0.2, 0.25) is 0 Å². The molecule has 1 saturated heterocycles. The van der Waals surface area contributed by atoms with Crippen LogP contribution in [0.2, 0.25) is 0 Å². The van der Waals surface area contributed by atoms with Crippen molar-refractivity contribution >= 4 is 5.82 Å². The van der Waals surface area contributed by atoms with Crippen molar-refractivity contribution < 1.29 is 0 Å². The molecule has 1 aromatic heterocycles. The minimum atomic E-state index is 0.0569. The number of nitrogens with two attached hydrogens (primary N) is 1.